The monoisotopic (exact) mass is 287 g/mol. The molecule has 0 saturated carbocycles. The molecule has 0 bridgehead atoms. The molecule has 21 heavy (non-hydrogen) atoms. The van der Waals surface area contributed by atoms with E-state index in [1.165, 1.54) is 0 Å². The van der Waals surface area contributed by atoms with Crippen molar-refractivity contribution in [2.75, 3.05) is 13.7 Å². The Kier molecular flexibility index (Phi) is 5.58. The fourth-order valence-electron chi connectivity index (χ4n) is 2.35. The number of benzene rings is 1. The zero-order valence-corrected chi connectivity index (χ0v) is 12.4. The Balaban J connectivity index is 1.97. The van der Waals surface area contributed by atoms with E-state index in [0.717, 1.165) is 12.0 Å². The number of furan rings is 1. The van der Waals surface area contributed by atoms with Crippen molar-refractivity contribution < 1.29 is 13.9 Å². The van der Waals surface area contributed by atoms with Gasteiger partial charge in [-0.1, -0.05) is 37.3 Å². The maximum absolute atomic E-state index is 12.4. The highest BCUT2D eigenvalue weighted by Gasteiger charge is 2.20. The normalized spacial score (nSPS) is 13.6. The van der Waals surface area contributed by atoms with Crippen molar-refractivity contribution in [2.45, 2.75) is 25.4 Å². The van der Waals surface area contributed by atoms with Crippen molar-refractivity contribution in [3.63, 3.8) is 0 Å². The number of carbonyl (C=O) groups excluding carboxylic acids is 1. The molecular formula is C17H21NO3. The van der Waals surface area contributed by atoms with E-state index in [1.807, 2.05) is 49.4 Å². The van der Waals surface area contributed by atoms with Crippen molar-refractivity contribution in [1.82, 2.24) is 5.32 Å². The van der Waals surface area contributed by atoms with Crippen LogP contribution in [0.3, 0.4) is 0 Å². The quantitative estimate of drug-likeness (QED) is 0.850. The van der Waals surface area contributed by atoms with Crippen molar-refractivity contribution in [3.8, 4) is 0 Å². The molecule has 0 saturated heterocycles. The van der Waals surface area contributed by atoms with E-state index >= 15 is 0 Å². The van der Waals surface area contributed by atoms with Crippen LogP contribution in [-0.4, -0.2) is 19.6 Å². The first-order valence-electron chi connectivity index (χ1n) is 7.15. The van der Waals surface area contributed by atoms with Crippen LogP contribution in [0.5, 0.6) is 0 Å². The smallest absolute Gasteiger partial charge is 0.227 e. The zero-order chi connectivity index (χ0) is 15.1. The molecule has 0 spiro atoms. The average Bonchev–Trinajstić information content (AvgIpc) is 3.04. The molecule has 2 aromatic rings. The number of hydrogen-bond donors (Lipinski definition) is 1. The fraction of sp³-hybridized carbons (Fsp3) is 0.353. The molecule has 1 aromatic heterocycles. The average molecular weight is 287 g/mol. The second kappa shape index (κ2) is 7.64. The maximum atomic E-state index is 12.4. The molecular weight excluding hydrogens is 266 g/mol. The molecule has 0 aliphatic heterocycles. The second-order valence-corrected chi connectivity index (χ2v) is 4.86. The molecule has 2 rings (SSSR count). The predicted octanol–water partition coefficient (Wildman–Crippen LogP) is 3.28. The number of methoxy groups -OCH3 is 1. The maximum Gasteiger partial charge on any atom is 0.227 e. The number of nitrogens with one attached hydrogen (secondary N) is 1. The summed E-state index contributed by atoms with van der Waals surface area (Å²) in [5, 5.41) is 2.95. The molecule has 4 nitrogen and oxygen atoms in total. The highest BCUT2D eigenvalue weighted by molar-refractivity contribution is 5.83. The SMILES string of the molecule is CCC(C(=O)NCC(OC)c1ccco1)c1ccccc1. The molecule has 2 atom stereocenters. The minimum atomic E-state index is -0.266. The van der Waals surface area contributed by atoms with Crippen LogP contribution in [-0.2, 0) is 9.53 Å². The van der Waals surface area contributed by atoms with Gasteiger partial charge in [-0.05, 0) is 24.1 Å². The van der Waals surface area contributed by atoms with Gasteiger partial charge in [-0.25, -0.2) is 0 Å². The Morgan fingerprint density at radius 2 is 2.00 bits per heavy atom. The molecule has 112 valence electrons. The van der Waals surface area contributed by atoms with E-state index in [2.05, 4.69) is 5.32 Å². The van der Waals surface area contributed by atoms with Crippen LogP contribution in [0.1, 0.15) is 36.7 Å². The van der Waals surface area contributed by atoms with Crippen LogP contribution in [0.4, 0.5) is 0 Å². The zero-order valence-electron chi connectivity index (χ0n) is 12.4. The third-order valence-corrected chi connectivity index (χ3v) is 3.53. The van der Waals surface area contributed by atoms with E-state index in [9.17, 15) is 4.79 Å². The third-order valence-electron chi connectivity index (χ3n) is 3.53. The molecule has 1 N–H and O–H groups in total. The summed E-state index contributed by atoms with van der Waals surface area (Å²) in [6.07, 6.45) is 2.09. The molecule has 1 amide bonds. The van der Waals surface area contributed by atoms with Gasteiger partial charge >= 0.3 is 0 Å². The Morgan fingerprint density at radius 1 is 1.24 bits per heavy atom. The third kappa shape index (κ3) is 3.95. The lowest BCUT2D eigenvalue weighted by Crippen LogP contribution is -2.33. The van der Waals surface area contributed by atoms with Crippen molar-refractivity contribution in [1.29, 1.82) is 0 Å². The Bertz CT molecular complexity index is 536. The van der Waals surface area contributed by atoms with Crippen LogP contribution < -0.4 is 5.32 Å². The van der Waals surface area contributed by atoms with Gasteiger partial charge in [0, 0.05) is 7.11 Å². The second-order valence-electron chi connectivity index (χ2n) is 4.86. The molecule has 1 aromatic carbocycles. The van der Waals surface area contributed by atoms with Crippen LogP contribution in [0.25, 0.3) is 0 Å². The minimum absolute atomic E-state index is 0.0114. The van der Waals surface area contributed by atoms with Gasteiger partial charge in [0.25, 0.3) is 0 Å². The lowest BCUT2D eigenvalue weighted by atomic mass is 9.95. The van der Waals surface area contributed by atoms with Crippen LogP contribution in [0.2, 0.25) is 0 Å². The standard InChI is InChI=1S/C17H21NO3/c1-3-14(13-8-5-4-6-9-13)17(19)18-12-16(20-2)15-10-7-11-21-15/h4-11,14,16H,3,12H2,1-2H3,(H,18,19). The molecule has 0 radical (unpaired) electrons. The van der Waals surface area contributed by atoms with E-state index < -0.39 is 0 Å². The van der Waals surface area contributed by atoms with Gasteiger partial charge < -0.3 is 14.5 Å². The summed E-state index contributed by atoms with van der Waals surface area (Å²) >= 11 is 0. The largest absolute Gasteiger partial charge is 0.467 e. The molecule has 2 unspecified atom stereocenters. The van der Waals surface area contributed by atoms with Gasteiger partial charge in [0.2, 0.25) is 5.91 Å². The topological polar surface area (TPSA) is 51.5 Å². The molecule has 0 aliphatic carbocycles. The van der Waals surface area contributed by atoms with Crippen molar-refractivity contribution >= 4 is 5.91 Å². The summed E-state index contributed by atoms with van der Waals surface area (Å²) in [7, 11) is 1.61. The Hall–Kier alpha value is -2.07. The van der Waals surface area contributed by atoms with Crippen LogP contribution in [0.15, 0.2) is 53.1 Å². The summed E-state index contributed by atoms with van der Waals surface area (Å²) in [6, 6.07) is 13.5. The summed E-state index contributed by atoms with van der Waals surface area (Å²) in [4.78, 5) is 12.4. The summed E-state index contributed by atoms with van der Waals surface area (Å²) in [6.45, 7) is 2.41. The molecule has 1 heterocycles. The first-order valence-corrected chi connectivity index (χ1v) is 7.15. The fourth-order valence-corrected chi connectivity index (χ4v) is 2.35. The van der Waals surface area contributed by atoms with Crippen LogP contribution >= 0.6 is 0 Å². The number of ether oxygens (including phenoxy) is 1. The van der Waals surface area contributed by atoms with Gasteiger partial charge in [0.1, 0.15) is 11.9 Å². The number of rotatable bonds is 7. The molecule has 0 aliphatic rings. The van der Waals surface area contributed by atoms with E-state index in [-0.39, 0.29) is 17.9 Å². The Morgan fingerprint density at radius 3 is 2.57 bits per heavy atom. The van der Waals surface area contributed by atoms with Gasteiger partial charge in [0.05, 0.1) is 18.7 Å². The van der Waals surface area contributed by atoms with Gasteiger partial charge in [-0.15, -0.1) is 0 Å². The van der Waals surface area contributed by atoms with Crippen molar-refractivity contribution in [3.05, 3.63) is 60.1 Å². The number of amides is 1. The highest BCUT2D eigenvalue weighted by atomic mass is 16.5. The van der Waals surface area contributed by atoms with E-state index in [0.29, 0.717) is 12.3 Å². The van der Waals surface area contributed by atoms with E-state index in [4.69, 9.17) is 9.15 Å². The summed E-state index contributed by atoms with van der Waals surface area (Å²) < 4.78 is 10.7. The summed E-state index contributed by atoms with van der Waals surface area (Å²) in [5.74, 6) is 0.586. The first kappa shape index (κ1) is 15.3. The first-order chi connectivity index (χ1) is 10.3. The number of hydrogen-bond acceptors (Lipinski definition) is 3. The lowest BCUT2D eigenvalue weighted by molar-refractivity contribution is -0.123. The predicted molar refractivity (Wildman–Crippen MR) is 80.9 cm³/mol. The summed E-state index contributed by atoms with van der Waals surface area (Å²) in [5.41, 5.74) is 1.03. The van der Waals surface area contributed by atoms with Gasteiger partial charge in [-0.3, -0.25) is 4.79 Å². The van der Waals surface area contributed by atoms with Crippen LogP contribution in [0, 0.1) is 0 Å². The minimum Gasteiger partial charge on any atom is -0.467 e. The van der Waals surface area contributed by atoms with E-state index in [1.54, 1.807) is 13.4 Å². The Labute approximate surface area is 125 Å². The molecule has 0 fully saturated rings. The highest BCUT2D eigenvalue weighted by Crippen LogP contribution is 2.20. The van der Waals surface area contributed by atoms with Gasteiger partial charge in [0.15, 0.2) is 0 Å². The van der Waals surface area contributed by atoms with Crippen molar-refractivity contribution in [2.24, 2.45) is 0 Å². The molecule has 4 heteroatoms. The lowest BCUT2D eigenvalue weighted by Gasteiger charge is -2.18. The number of carbonyl (C=O) groups is 1. The van der Waals surface area contributed by atoms with Gasteiger partial charge in [-0.2, -0.15) is 0 Å².